The van der Waals surface area contributed by atoms with E-state index < -0.39 is 17.3 Å². The summed E-state index contributed by atoms with van der Waals surface area (Å²) in [5, 5.41) is 20.0. The smallest absolute Gasteiger partial charge is 0.249 e. The number of aryl methyl sites for hydroxylation is 1. The highest BCUT2D eigenvalue weighted by molar-refractivity contribution is 5.88. The van der Waals surface area contributed by atoms with E-state index in [4.69, 9.17) is 11.2 Å². The number of ether oxygens (including phenoxy) is 1. The van der Waals surface area contributed by atoms with Gasteiger partial charge in [-0.25, -0.2) is 0 Å². The van der Waals surface area contributed by atoms with Crippen LogP contribution in [-0.2, 0) is 20.9 Å². The Bertz CT molecular complexity index is 1010. The van der Waals surface area contributed by atoms with Gasteiger partial charge in [0.2, 0.25) is 11.8 Å². The van der Waals surface area contributed by atoms with Crippen LogP contribution in [-0.4, -0.2) is 62.7 Å². The fourth-order valence-electron chi connectivity index (χ4n) is 4.79. The molecule has 1 N–H and O–H groups in total. The lowest BCUT2D eigenvalue weighted by Gasteiger charge is -2.45. The van der Waals surface area contributed by atoms with Gasteiger partial charge in [0.05, 0.1) is 18.3 Å². The first-order valence-corrected chi connectivity index (χ1v) is 13.0. The van der Waals surface area contributed by atoms with Crippen molar-refractivity contribution < 1.29 is 14.3 Å². The first kappa shape index (κ1) is 26.0. The van der Waals surface area contributed by atoms with Crippen molar-refractivity contribution in [1.29, 1.82) is 0 Å². The van der Waals surface area contributed by atoms with Crippen molar-refractivity contribution in [2.24, 2.45) is 10.2 Å². The molecular formula is C26H37N7O3. The van der Waals surface area contributed by atoms with Gasteiger partial charge in [-0.2, -0.15) is 10.2 Å². The summed E-state index contributed by atoms with van der Waals surface area (Å²) in [5.74, 6) is 2.25. The molecule has 1 aliphatic heterocycles. The van der Waals surface area contributed by atoms with Gasteiger partial charge in [0.15, 0.2) is 11.7 Å². The summed E-state index contributed by atoms with van der Waals surface area (Å²) in [6, 6.07) is -0.762. The minimum atomic E-state index is -0.891. The van der Waals surface area contributed by atoms with Crippen LogP contribution in [0.15, 0.2) is 29.1 Å². The summed E-state index contributed by atoms with van der Waals surface area (Å²) < 4.78 is 7.56. The van der Waals surface area contributed by atoms with E-state index in [0.29, 0.717) is 38.0 Å². The molecule has 0 bridgehead atoms. The van der Waals surface area contributed by atoms with E-state index in [9.17, 15) is 9.59 Å². The number of carbonyl (C=O) groups excluding carboxylic acids is 2. The van der Waals surface area contributed by atoms with Gasteiger partial charge in [-0.3, -0.25) is 14.3 Å². The number of hydrogen-bond acceptors (Lipinski definition) is 7. The molecule has 2 amide bonds. The topological polar surface area (TPSA) is 114 Å². The summed E-state index contributed by atoms with van der Waals surface area (Å²) in [7, 11) is 1.67. The Morgan fingerprint density at radius 2 is 2.14 bits per heavy atom. The lowest BCUT2D eigenvalue weighted by atomic mass is 9.79. The van der Waals surface area contributed by atoms with E-state index in [1.807, 2.05) is 0 Å². The second-order valence-corrected chi connectivity index (χ2v) is 10.2. The molecule has 2 fully saturated rings. The molecule has 0 aromatic carbocycles. The van der Waals surface area contributed by atoms with Crippen molar-refractivity contribution in [3.63, 3.8) is 0 Å². The molecule has 4 rings (SSSR count). The van der Waals surface area contributed by atoms with Crippen LogP contribution in [0.5, 0.6) is 0 Å². The molecule has 2 aliphatic carbocycles. The van der Waals surface area contributed by atoms with E-state index in [1.165, 1.54) is 0 Å². The number of rotatable bonds is 15. The highest BCUT2D eigenvalue weighted by Crippen LogP contribution is 2.40. The average Bonchev–Trinajstić information content (AvgIpc) is 3.46. The Labute approximate surface area is 212 Å². The van der Waals surface area contributed by atoms with Gasteiger partial charge in [0.1, 0.15) is 5.69 Å². The molecule has 0 radical (unpaired) electrons. The molecule has 36 heavy (non-hydrogen) atoms. The van der Waals surface area contributed by atoms with Crippen LogP contribution in [0.1, 0.15) is 82.4 Å². The number of hydrogen-bond donors (Lipinski definition) is 1. The Hall–Kier alpha value is -3.06. The Kier molecular flexibility index (Phi) is 8.19. The molecule has 1 unspecified atom stereocenters. The Morgan fingerprint density at radius 1 is 1.36 bits per heavy atom. The molecule has 2 saturated carbocycles. The molecule has 10 nitrogen and oxygen atoms in total. The second-order valence-electron chi connectivity index (χ2n) is 10.2. The fraction of sp³-hybridized carbons (Fsp3) is 0.692. The summed E-state index contributed by atoms with van der Waals surface area (Å²) in [4.78, 5) is 29.1. The molecule has 0 spiro atoms. The van der Waals surface area contributed by atoms with Gasteiger partial charge in [-0.05, 0) is 44.9 Å². The van der Waals surface area contributed by atoms with Gasteiger partial charge in [-0.1, -0.05) is 11.3 Å². The zero-order chi connectivity index (χ0) is 25.6. The summed E-state index contributed by atoms with van der Waals surface area (Å²) in [6.07, 6.45) is 17.2. The summed E-state index contributed by atoms with van der Waals surface area (Å²) in [5.41, 5.74) is -0.572. The SMILES string of the molecule is C#CCCC1(CCC(=O)N(CC2(OC)CCC2)C(C(=O)NC2CCC2)c2cn(CCC=C)nn2)N=N1. The molecule has 2 heterocycles. The lowest BCUT2D eigenvalue weighted by molar-refractivity contribution is -0.152. The maximum atomic E-state index is 13.8. The van der Waals surface area contributed by atoms with Crippen LogP contribution in [0.3, 0.4) is 0 Å². The molecule has 0 saturated heterocycles. The van der Waals surface area contributed by atoms with Crippen LogP contribution in [0.4, 0.5) is 0 Å². The minimum absolute atomic E-state index is 0.129. The standard InChI is InChI=1S/C26H37N7O3/c1-4-6-15-26(29-30-26)16-12-22(34)33(19-25(36-3)13-9-14-25)23(24(35)27-20-10-8-11-20)21-18-32(31-28-21)17-7-5-2/h1,5,18,20,23H,2,6-17,19H2,3H3,(H,27,35). The molecule has 3 aliphatic rings. The number of nitrogens with one attached hydrogen (secondary N) is 1. The predicted molar refractivity (Wildman–Crippen MR) is 134 cm³/mol. The van der Waals surface area contributed by atoms with E-state index >= 15 is 0 Å². The van der Waals surface area contributed by atoms with Gasteiger partial charge < -0.3 is 15.0 Å². The van der Waals surface area contributed by atoms with Gasteiger partial charge in [0, 0.05) is 45.4 Å². The fourth-order valence-corrected chi connectivity index (χ4v) is 4.79. The molecule has 1 aromatic heterocycles. The number of allylic oxidation sites excluding steroid dienone is 1. The van der Waals surface area contributed by atoms with Crippen molar-refractivity contribution in [2.45, 2.75) is 101 Å². The summed E-state index contributed by atoms with van der Waals surface area (Å²) in [6.45, 7) is 4.67. The monoisotopic (exact) mass is 495 g/mol. The Morgan fingerprint density at radius 3 is 2.69 bits per heavy atom. The van der Waals surface area contributed by atoms with E-state index in [-0.39, 0.29) is 24.3 Å². The highest BCUT2D eigenvalue weighted by atomic mass is 16.5. The van der Waals surface area contributed by atoms with Gasteiger partial charge in [-0.15, -0.1) is 24.0 Å². The maximum Gasteiger partial charge on any atom is 0.249 e. The van der Waals surface area contributed by atoms with Crippen molar-refractivity contribution in [3.05, 3.63) is 24.5 Å². The van der Waals surface area contributed by atoms with Crippen LogP contribution < -0.4 is 5.32 Å². The minimum Gasteiger partial charge on any atom is -0.376 e. The number of carbonyl (C=O) groups is 2. The summed E-state index contributed by atoms with van der Waals surface area (Å²) >= 11 is 0. The third-order valence-corrected chi connectivity index (χ3v) is 7.68. The van der Waals surface area contributed by atoms with E-state index in [2.05, 4.69) is 38.4 Å². The molecule has 194 valence electrons. The zero-order valence-electron chi connectivity index (χ0n) is 21.2. The quantitative estimate of drug-likeness (QED) is 0.296. The predicted octanol–water partition coefficient (Wildman–Crippen LogP) is 3.32. The zero-order valence-corrected chi connectivity index (χ0v) is 21.2. The van der Waals surface area contributed by atoms with Crippen molar-refractivity contribution >= 4 is 11.8 Å². The number of aromatic nitrogens is 3. The van der Waals surface area contributed by atoms with Crippen molar-refractivity contribution in [1.82, 2.24) is 25.2 Å². The largest absolute Gasteiger partial charge is 0.376 e. The van der Waals surface area contributed by atoms with Gasteiger partial charge >= 0.3 is 0 Å². The van der Waals surface area contributed by atoms with E-state index in [0.717, 1.165) is 44.9 Å². The molecule has 1 atom stereocenters. The number of amides is 2. The number of methoxy groups -OCH3 is 1. The van der Waals surface area contributed by atoms with E-state index in [1.54, 1.807) is 29.0 Å². The highest BCUT2D eigenvalue weighted by Gasteiger charge is 2.46. The Balaban J connectivity index is 1.58. The van der Waals surface area contributed by atoms with Crippen LogP contribution in [0, 0.1) is 12.3 Å². The second kappa shape index (κ2) is 11.3. The van der Waals surface area contributed by atoms with Crippen LogP contribution >= 0.6 is 0 Å². The maximum absolute atomic E-state index is 13.8. The first-order valence-electron chi connectivity index (χ1n) is 13.0. The van der Waals surface area contributed by atoms with Crippen molar-refractivity contribution in [2.75, 3.05) is 13.7 Å². The molecule has 1 aromatic rings. The number of nitrogens with zero attached hydrogens (tertiary/aromatic N) is 6. The lowest BCUT2D eigenvalue weighted by Crippen LogP contribution is -2.55. The number of terminal acetylenes is 1. The molecular weight excluding hydrogens is 458 g/mol. The third-order valence-electron chi connectivity index (χ3n) is 7.68. The van der Waals surface area contributed by atoms with Crippen LogP contribution in [0.2, 0.25) is 0 Å². The first-order chi connectivity index (χ1) is 17.4. The van der Waals surface area contributed by atoms with Crippen molar-refractivity contribution in [3.8, 4) is 12.3 Å². The average molecular weight is 496 g/mol. The normalized spacial score (nSPS) is 19.9. The third kappa shape index (κ3) is 6.01. The van der Waals surface area contributed by atoms with Crippen LogP contribution in [0.25, 0.3) is 0 Å². The molecule has 10 heteroatoms. The van der Waals surface area contributed by atoms with Gasteiger partial charge in [0.25, 0.3) is 0 Å².